The molecule has 2 rings (SSSR count). The Morgan fingerprint density at radius 3 is 2.35 bits per heavy atom. The topological polar surface area (TPSA) is 12.9 Å². The summed E-state index contributed by atoms with van der Waals surface area (Å²) in [6.07, 6.45) is 2.69. The van der Waals surface area contributed by atoms with Crippen molar-refractivity contribution in [3.63, 3.8) is 0 Å². The first-order valence-corrected chi connectivity index (χ1v) is 13.2. The van der Waals surface area contributed by atoms with E-state index in [1.54, 1.807) is 17.7 Å². The number of aromatic nitrogens is 1. The van der Waals surface area contributed by atoms with Gasteiger partial charge in [0.1, 0.15) is 0 Å². The molecule has 0 amide bonds. The second kappa shape index (κ2) is 6.08. The van der Waals surface area contributed by atoms with Crippen LogP contribution in [0.1, 0.15) is 19.4 Å². The molecule has 1 heterocycles. The Labute approximate surface area is 124 Å². The minimum absolute atomic E-state index is 0.518. The van der Waals surface area contributed by atoms with Gasteiger partial charge in [0.2, 0.25) is 0 Å². The summed E-state index contributed by atoms with van der Waals surface area (Å²) in [5, 5.41) is 0. The van der Waals surface area contributed by atoms with E-state index < -0.39 is 13.7 Å². The Balaban J connectivity index is 2.49. The molecule has 0 aliphatic rings. The van der Waals surface area contributed by atoms with E-state index >= 15 is 0 Å². The Hall–Kier alpha value is -1.16. The summed E-state index contributed by atoms with van der Waals surface area (Å²) in [6.45, 7) is 4.34. The summed E-state index contributed by atoms with van der Waals surface area (Å²) in [5.41, 5.74) is 3.17. The molecule has 0 spiro atoms. The van der Waals surface area contributed by atoms with Crippen molar-refractivity contribution >= 4 is 18.1 Å². The molecule has 1 nitrogen and oxygen atoms in total. The normalized spacial score (nSPS) is 11.9. The third-order valence-corrected chi connectivity index (χ3v) is 6.96. The fourth-order valence-corrected chi connectivity index (χ4v) is 5.16. The van der Waals surface area contributed by atoms with E-state index in [1.165, 1.54) is 0 Å². The van der Waals surface area contributed by atoms with Crippen LogP contribution in [0.3, 0.4) is 0 Å². The molecule has 0 saturated heterocycles. The predicted molar refractivity (Wildman–Crippen MR) is 86.4 cm³/mol. The number of benzene rings is 1. The second-order valence-corrected chi connectivity index (χ2v) is 13.5. The minimum atomic E-state index is -3.35. The van der Waals surface area contributed by atoms with E-state index in [0.29, 0.717) is 5.92 Å². The molecule has 0 saturated carbocycles. The summed E-state index contributed by atoms with van der Waals surface area (Å²) < 4.78 is 15.4. The van der Waals surface area contributed by atoms with Crippen LogP contribution in [0, 0.1) is 5.92 Å². The fraction of sp³-hybridized carbons (Fsp3) is 0.353. The van der Waals surface area contributed by atoms with Gasteiger partial charge in [-0.2, -0.15) is 0 Å². The van der Waals surface area contributed by atoms with Crippen LogP contribution in [0.5, 0.6) is 0 Å². The van der Waals surface area contributed by atoms with Gasteiger partial charge in [0, 0.05) is 0 Å². The van der Waals surface area contributed by atoms with Gasteiger partial charge in [-0.05, 0) is 0 Å². The van der Waals surface area contributed by atoms with Gasteiger partial charge in [-0.15, -0.1) is 0 Å². The molecular weight excluding hydrogens is 310 g/mol. The molecule has 1 aromatic heterocycles. The van der Waals surface area contributed by atoms with Gasteiger partial charge in [-0.25, -0.2) is 0 Å². The van der Waals surface area contributed by atoms with Crippen molar-refractivity contribution in [2.75, 3.05) is 0 Å². The van der Waals surface area contributed by atoms with Crippen molar-refractivity contribution in [3.05, 3.63) is 48.2 Å². The number of halogens is 1. The van der Waals surface area contributed by atoms with E-state index in [0.717, 1.165) is 27.6 Å². The average Bonchev–Trinajstić information content (AvgIpc) is 2.37. The Morgan fingerprint density at radius 2 is 1.80 bits per heavy atom. The molecule has 0 atom stereocenters. The standard InChI is InChI=1S/C17H22FGeN/c1-13(2)10-15-11-17(14-8-6-5-7-9-14)20-12-16(15)19(3,4)18/h5-9,11-13H,10H2,1-4H3. The zero-order valence-electron chi connectivity index (χ0n) is 12.7. The van der Waals surface area contributed by atoms with Crippen LogP contribution >= 0.6 is 0 Å². The summed E-state index contributed by atoms with van der Waals surface area (Å²) >= 11 is -3.35. The first kappa shape index (κ1) is 15.2. The molecular formula is C17H22FGeN. The molecule has 0 N–H and O–H groups in total. The SMILES string of the molecule is CC(C)Cc1cc(-c2ccccc2)nc[c]1[Ge]([CH3])([CH3])[F]. The van der Waals surface area contributed by atoms with E-state index in [2.05, 4.69) is 24.9 Å². The van der Waals surface area contributed by atoms with Gasteiger partial charge < -0.3 is 0 Å². The van der Waals surface area contributed by atoms with Crippen LogP contribution in [0.25, 0.3) is 11.3 Å². The van der Waals surface area contributed by atoms with Crippen LogP contribution < -0.4 is 4.40 Å². The first-order valence-electron chi connectivity index (χ1n) is 7.11. The molecule has 0 aliphatic carbocycles. The van der Waals surface area contributed by atoms with Gasteiger partial charge >= 0.3 is 124 Å². The zero-order chi connectivity index (χ0) is 14.8. The van der Waals surface area contributed by atoms with Crippen LogP contribution in [0.2, 0.25) is 11.5 Å². The van der Waals surface area contributed by atoms with Crippen LogP contribution in [0.15, 0.2) is 42.6 Å². The molecule has 0 bridgehead atoms. The molecule has 106 valence electrons. The number of hydrogen-bond donors (Lipinski definition) is 0. The Kier molecular flexibility index (Phi) is 4.64. The number of hydrogen-bond acceptors (Lipinski definition) is 1. The summed E-state index contributed by atoms with van der Waals surface area (Å²) in [5.74, 6) is 4.08. The molecule has 0 unspecified atom stereocenters. The zero-order valence-corrected chi connectivity index (χ0v) is 14.7. The van der Waals surface area contributed by atoms with Gasteiger partial charge in [0.15, 0.2) is 0 Å². The molecule has 20 heavy (non-hydrogen) atoms. The third-order valence-electron chi connectivity index (χ3n) is 3.33. The van der Waals surface area contributed by atoms with Crippen molar-refractivity contribution in [1.82, 2.24) is 4.98 Å². The third kappa shape index (κ3) is 3.69. The summed E-state index contributed by atoms with van der Waals surface area (Å²) in [4.78, 5) is 4.49. The van der Waals surface area contributed by atoms with Crippen LogP contribution in [0.4, 0.5) is 3.50 Å². The van der Waals surface area contributed by atoms with E-state index in [-0.39, 0.29) is 0 Å². The van der Waals surface area contributed by atoms with Gasteiger partial charge in [0.25, 0.3) is 0 Å². The fourth-order valence-electron chi connectivity index (χ4n) is 2.41. The Morgan fingerprint density at radius 1 is 1.15 bits per heavy atom. The van der Waals surface area contributed by atoms with Crippen molar-refractivity contribution in [2.45, 2.75) is 31.8 Å². The summed E-state index contributed by atoms with van der Waals surface area (Å²) in [6, 6.07) is 12.2. The molecule has 0 fully saturated rings. The van der Waals surface area contributed by atoms with Crippen molar-refractivity contribution < 1.29 is 3.50 Å². The first-order chi connectivity index (χ1) is 9.38. The van der Waals surface area contributed by atoms with Crippen LogP contribution in [-0.2, 0) is 6.42 Å². The van der Waals surface area contributed by atoms with E-state index in [9.17, 15) is 3.50 Å². The van der Waals surface area contributed by atoms with E-state index in [1.807, 2.05) is 30.3 Å². The average molecular weight is 332 g/mol. The van der Waals surface area contributed by atoms with Crippen LogP contribution in [-0.4, -0.2) is 18.7 Å². The maximum absolute atomic E-state index is 14.5. The molecule has 0 aliphatic heterocycles. The monoisotopic (exact) mass is 333 g/mol. The van der Waals surface area contributed by atoms with Gasteiger partial charge in [0.05, 0.1) is 0 Å². The van der Waals surface area contributed by atoms with Gasteiger partial charge in [-0.1, -0.05) is 0 Å². The van der Waals surface area contributed by atoms with Gasteiger partial charge in [-0.3, -0.25) is 0 Å². The van der Waals surface area contributed by atoms with E-state index in [4.69, 9.17) is 0 Å². The quantitative estimate of drug-likeness (QED) is 0.760. The predicted octanol–water partition coefficient (Wildman–Crippen LogP) is 4.33. The molecule has 2 aromatic rings. The molecule has 0 radical (unpaired) electrons. The maximum atomic E-state index is 14.5. The number of nitrogens with zero attached hydrogens (tertiary/aromatic N) is 1. The van der Waals surface area contributed by atoms with Crippen molar-refractivity contribution in [1.29, 1.82) is 0 Å². The van der Waals surface area contributed by atoms with Crippen molar-refractivity contribution in [2.24, 2.45) is 5.92 Å². The molecule has 1 aromatic carbocycles. The molecule has 3 heteroatoms. The summed E-state index contributed by atoms with van der Waals surface area (Å²) in [7, 11) is 0. The van der Waals surface area contributed by atoms with Crippen molar-refractivity contribution in [3.8, 4) is 11.3 Å². The Bertz CT molecular complexity index is 573. The number of pyridine rings is 1. The number of rotatable bonds is 4. The second-order valence-electron chi connectivity index (χ2n) is 6.16.